The van der Waals surface area contributed by atoms with Crippen molar-refractivity contribution in [3.05, 3.63) is 34.9 Å². The fraction of sp³-hybridized carbons (Fsp3) is 0.579. The van der Waals surface area contributed by atoms with E-state index in [1.165, 1.54) is 0 Å². The van der Waals surface area contributed by atoms with Crippen molar-refractivity contribution in [2.45, 2.75) is 44.4 Å². The van der Waals surface area contributed by atoms with Crippen LogP contribution in [0.25, 0.3) is 0 Å². The largest absolute Gasteiger partial charge is 0.356 e. The molecule has 1 aromatic carbocycles. The Kier molecular flexibility index (Phi) is 5.77. The second-order valence-corrected chi connectivity index (χ2v) is 7.21. The number of hydrogen-bond acceptors (Lipinski definition) is 2. The van der Waals surface area contributed by atoms with Gasteiger partial charge < -0.3 is 10.2 Å². The lowest BCUT2D eigenvalue weighted by atomic mass is 10.1. The number of nitrogens with zero attached hydrogens (tertiary/aromatic N) is 1. The number of rotatable bonds is 6. The van der Waals surface area contributed by atoms with Gasteiger partial charge in [-0.1, -0.05) is 36.2 Å². The molecule has 2 unspecified atom stereocenters. The molecule has 0 aromatic heterocycles. The van der Waals surface area contributed by atoms with Gasteiger partial charge in [-0.15, -0.1) is 0 Å². The van der Waals surface area contributed by atoms with Gasteiger partial charge in [-0.2, -0.15) is 0 Å². The minimum Gasteiger partial charge on any atom is -0.356 e. The minimum atomic E-state index is 0.0460. The van der Waals surface area contributed by atoms with Crippen molar-refractivity contribution in [3.8, 4) is 0 Å². The van der Waals surface area contributed by atoms with E-state index in [0.717, 1.165) is 55.8 Å². The van der Waals surface area contributed by atoms with Crippen LogP contribution in [-0.2, 0) is 9.59 Å². The summed E-state index contributed by atoms with van der Waals surface area (Å²) in [5.41, 5.74) is 1.08. The maximum atomic E-state index is 12.2. The monoisotopic (exact) mass is 348 g/mol. The Hall–Kier alpha value is -1.55. The van der Waals surface area contributed by atoms with E-state index in [4.69, 9.17) is 11.6 Å². The van der Waals surface area contributed by atoms with Crippen molar-refractivity contribution in [2.24, 2.45) is 5.92 Å². The first kappa shape index (κ1) is 17.3. The van der Waals surface area contributed by atoms with Crippen molar-refractivity contribution in [1.82, 2.24) is 10.2 Å². The third-order valence-corrected chi connectivity index (χ3v) is 5.35. The number of likely N-dealkylation sites (tertiary alicyclic amines) is 1. The van der Waals surface area contributed by atoms with E-state index in [2.05, 4.69) is 5.32 Å². The molecule has 2 fully saturated rings. The Morgan fingerprint density at radius 2 is 2.08 bits per heavy atom. The van der Waals surface area contributed by atoms with Crippen molar-refractivity contribution in [3.63, 3.8) is 0 Å². The first-order chi connectivity index (χ1) is 11.7. The second kappa shape index (κ2) is 8.02. The lowest BCUT2D eigenvalue weighted by Gasteiger charge is -2.20. The quantitative estimate of drug-likeness (QED) is 0.801. The van der Waals surface area contributed by atoms with Crippen molar-refractivity contribution >= 4 is 23.4 Å². The van der Waals surface area contributed by atoms with Crippen molar-refractivity contribution in [1.29, 1.82) is 0 Å². The summed E-state index contributed by atoms with van der Waals surface area (Å²) in [4.78, 5) is 26.1. The summed E-state index contributed by atoms with van der Waals surface area (Å²) < 4.78 is 0. The predicted molar refractivity (Wildman–Crippen MR) is 95.0 cm³/mol. The molecule has 1 aliphatic carbocycles. The summed E-state index contributed by atoms with van der Waals surface area (Å²) in [6, 6.07) is 7.76. The molecule has 2 aliphatic rings. The Bertz CT molecular complexity index is 605. The Labute approximate surface area is 148 Å². The number of nitrogens with one attached hydrogen (secondary N) is 1. The molecule has 24 heavy (non-hydrogen) atoms. The molecule has 1 aliphatic heterocycles. The zero-order chi connectivity index (χ0) is 16.9. The van der Waals surface area contributed by atoms with Gasteiger partial charge >= 0.3 is 0 Å². The first-order valence-corrected chi connectivity index (χ1v) is 9.34. The van der Waals surface area contributed by atoms with Gasteiger partial charge in [0.05, 0.1) is 0 Å². The highest BCUT2D eigenvalue weighted by atomic mass is 35.5. The predicted octanol–water partition coefficient (Wildman–Crippen LogP) is 3.35. The number of amides is 2. The van der Waals surface area contributed by atoms with E-state index in [1.807, 2.05) is 29.2 Å². The number of hydrogen-bond donors (Lipinski definition) is 1. The highest BCUT2D eigenvalue weighted by Gasteiger charge is 2.44. The summed E-state index contributed by atoms with van der Waals surface area (Å²) in [5.74, 6) is 0.678. The molecular weight excluding hydrogens is 324 g/mol. The molecule has 1 heterocycles. The summed E-state index contributed by atoms with van der Waals surface area (Å²) in [5, 5.41) is 3.76. The van der Waals surface area contributed by atoms with Crippen LogP contribution >= 0.6 is 11.6 Å². The maximum absolute atomic E-state index is 12.2. The normalized spacial score (nSPS) is 23.7. The second-order valence-electron chi connectivity index (χ2n) is 6.81. The number of benzene rings is 1. The minimum absolute atomic E-state index is 0.0460. The van der Waals surface area contributed by atoms with Gasteiger partial charge in [0, 0.05) is 37.0 Å². The van der Waals surface area contributed by atoms with Gasteiger partial charge in [-0.25, -0.2) is 0 Å². The van der Waals surface area contributed by atoms with Crippen LogP contribution in [0.2, 0.25) is 5.02 Å². The van der Waals surface area contributed by atoms with E-state index in [-0.39, 0.29) is 23.7 Å². The lowest BCUT2D eigenvalue weighted by Crippen LogP contribution is -2.34. The topological polar surface area (TPSA) is 49.4 Å². The number of carbonyl (C=O) groups excluding carboxylic acids is 2. The van der Waals surface area contributed by atoms with E-state index in [0.29, 0.717) is 13.0 Å². The summed E-state index contributed by atoms with van der Waals surface area (Å²) in [7, 11) is 0. The van der Waals surface area contributed by atoms with Crippen LogP contribution in [0.1, 0.15) is 50.0 Å². The molecule has 0 spiro atoms. The average molecular weight is 349 g/mol. The zero-order valence-electron chi connectivity index (χ0n) is 14.0. The lowest BCUT2D eigenvalue weighted by molar-refractivity contribution is -0.130. The van der Waals surface area contributed by atoms with E-state index >= 15 is 0 Å². The molecule has 2 amide bonds. The van der Waals surface area contributed by atoms with Crippen LogP contribution < -0.4 is 5.32 Å². The van der Waals surface area contributed by atoms with Gasteiger partial charge in [0.15, 0.2) is 0 Å². The van der Waals surface area contributed by atoms with Crippen LogP contribution in [0, 0.1) is 5.92 Å². The summed E-state index contributed by atoms with van der Waals surface area (Å²) in [6.07, 6.45) is 5.62. The molecule has 5 heteroatoms. The van der Waals surface area contributed by atoms with E-state index in [9.17, 15) is 9.59 Å². The molecule has 1 saturated heterocycles. The maximum Gasteiger partial charge on any atom is 0.223 e. The molecular formula is C19H25ClN2O2. The van der Waals surface area contributed by atoms with Gasteiger partial charge in [-0.05, 0) is 43.2 Å². The van der Waals surface area contributed by atoms with Crippen molar-refractivity contribution in [2.75, 3.05) is 19.6 Å². The smallest absolute Gasteiger partial charge is 0.223 e. The van der Waals surface area contributed by atoms with Crippen LogP contribution in [0.15, 0.2) is 24.3 Å². The third kappa shape index (κ3) is 4.29. The molecule has 130 valence electrons. The fourth-order valence-corrected chi connectivity index (χ4v) is 3.77. The Morgan fingerprint density at radius 1 is 1.25 bits per heavy atom. The highest BCUT2D eigenvalue weighted by Crippen LogP contribution is 2.49. The standard InChI is InChI=1S/C19H25ClN2O2/c20-17-8-4-3-7-14(17)15-13-16(15)19(24)21-10-6-12-22-11-5-1-2-9-18(22)23/h3-4,7-8,15-16H,1-2,5-6,9-13H2,(H,21,24). The molecule has 2 atom stereocenters. The number of carbonyl (C=O) groups is 2. The van der Waals surface area contributed by atoms with Crippen molar-refractivity contribution < 1.29 is 9.59 Å². The van der Waals surface area contributed by atoms with E-state index in [1.54, 1.807) is 0 Å². The molecule has 3 rings (SSSR count). The van der Waals surface area contributed by atoms with Gasteiger partial charge in [-0.3, -0.25) is 9.59 Å². The van der Waals surface area contributed by atoms with Crippen LogP contribution in [0.4, 0.5) is 0 Å². The SMILES string of the molecule is O=C(NCCCN1CCCCCC1=O)C1CC1c1ccccc1Cl. The Balaban J connectivity index is 1.38. The molecule has 1 aromatic rings. The first-order valence-electron chi connectivity index (χ1n) is 8.96. The third-order valence-electron chi connectivity index (χ3n) is 5.01. The fourth-order valence-electron chi connectivity index (χ4n) is 3.49. The van der Waals surface area contributed by atoms with Crippen LogP contribution in [0.3, 0.4) is 0 Å². The number of halogens is 1. The zero-order valence-corrected chi connectivity index (χ0v) is 14.7. The van der Waals surface area contributed by atoms with Crippen LogP contribution in [0.5, 0.6) is 0 Å². The van der Waals surface area contributed by atoms with Gasteiger partial charge in [0.2, 0.25) is 11.8 Å². The van der Waals surface area contributed by atoms with Crippen LogP contribution in [-0.4, -0.2) is 36.3 Å². The van der Waals surface area contributed by atoms with E-state index < -0.39 is 0 Å². The molecule has 0 radical (unpaired) electrons. The van der Waals surface area contributed by atoms with Gasteiger partial charge in [0.1, 0.15) is 0 Å². The Morgan fingerprint density at radius 3 is 2.92 bits per heavy atom. The molecule has 1 N–H and O–H groups in total. The van der Waals surface area contributed by atoms with Gasteiger partial charge in [0.25, 0.3) is 0 Å². The summed E-state index contributed by atoms with van der Waals surface area (Å²) in [6.45, 7) is 2.25. The molecule has 1 saturated carbocycles. The highest BCUT2D eigenvalue weighted by molar-refractivity contribution is 6.31. The average Bonchev–Trinajstić information content (AvgIpc) is 3.38. The molecule has 4 nitrogen and oxygen atoms in total. The summed E-state index contributed by atoms with van der Waals surface area (Å²) >= 11 is 6.20. The molecule has 0 bridgehead atoms.